The van der Waals surface area contributed by atoms with Gasteiger partial charge in [-0.15, -0.1) is 0 Å². The van der Waals surface area contributed by atoms with Gasteiger partial charge in [0.2, 0.25) is 5.91 Å². The van der Waals surface area contributed by atoms with Crippen molar-refractivity contribution in [2.75, 3.05) is 32.7 Å². The zero-order chi connectivity index (χ0) is 18.7. The number of hydrogen-bond donors (Lipinski definition) is 1. The molecule has 1 aliphatic rings. The van der Waals surface area contributed by atoms with Crippen molar-refractivity contribution in [3.63, 3.8) is 0 Å². The molecular weight excluding hydrogens is 332 g/mol. The van der Waals surface area contributed by atoms with E-state index in [1.807, 2.05) is 24.3 Å². The van der Waals surface area contributed by atoms with Crippen LogP contribution in [0.1, 0.15) is 21.5 Å². The van der Waals surface area contributed by atoms with E-state index in [1.165, 1.54) is 0 Å². The molecule has 0 fully saturated rings. The molecule has 26 heavy (non-hydrogen) atoms. The Labute approximate surface area is 152 Å². The maximum atomic E-state index is 12.4. The summed E-state index contributed by atoms with van der Waals surface area (Å²) < 4.78 is 10.5. The summed E-state index contributed by atoms with van der Waals surface area (Å²) in [7, 11) is 4.94. The fourth-order valence-corrected chi connectivity index (χ4v) is 3.07. The molecule has 0 saturated heterocycles. The van der Waals surface area contributed by atoms with E-state index >= 15 is 0 Å². The Morgan fingerprint density at radius 3 is 2.62 bits per heavy atom. The van der Waals surface area contributed by atoms with Crippen LogP contribution < -0.4 is 19.7 Å². The number of hydrogen-bond acceptors (Lipinski definition) is 4. The number of anilines is 1. The molecular formula is C20H22N2O4. The molecule has 3 rings (SSSR count). The summed E-state index contributed by atoms with van der Waals surface area (Å²) in [5.41, 5.74) is 3.38. The lowest BCUT2D eigenvalue weighted by Gasteiger charge is -2.11. The highest BCUT2D eigenvalue weighted by Gasteiger charge is 2.24. The van der Waals surface area contributed by atoms with E-state index in [0.29, 0.717) is 36.4 Å². The molecule has 1 N–H and O–H groups in total. The zero-order valence-electron chi connectivity index (χ0n) is 15.2. The largest absolute Gasteiger partial charge is 0.493 e. The SMILES string of the molecule is COc1ccc(CCNC(=O)c2ccc3c(c2)CC(=O)N3C)cc1OC. The lowest BCUT2D eigenvalue weighted by molar-refractivity contribution is -0.117. The number of fused-ring (bicyclic) bond motifs is 1. The molecule has 136 valence electrons. The third kappa shape index (κ3) is 3.49. The van der Waals surface area contributed by atoms with Crippen LogP contribution >= 0.6 is 0 Å². The first-order valence-electron chi connectivity index (χ1n) is 8.42. The number of likely N-dealkylation sites (N-methyl/N-ethyl adjacent to an activating group) is 1. The molecule has 2 aromatic carbocycles. The molecule has 6 nitrogen and oxygen atoms in total. The Morgan fingerprint density at radius 2 is 1.88 bits per heavy atom. The van der Waals surface area contributed by atoms with Crippen molar-refractivity contribution in [2.24, 2.45) is 0 Å². The quantitative estimate of drug-likeness (QED) is 0.864. The van der Waals surface area contributed by atoms with Gasteiger partial charge in [-0.1, -0.05) is 6.07 Å². The number of amides is 2. The lowest BCUT2D eigenvalue weighted by atomic mass is 10.1. The summed E-state index contributed by atoms with van der Waals surface area (Å²) in [5.74, 6) is 1.25. The highest BCUT2D eigenvalue weighted by atomic mass is 16.5. The Balaban J connectivity index is 1.60. The normalized spacial score (nSPS) is 12.7. The second kappa shape index (κ2) is 7.47. The fraction of sp³-hybridized carbons (Fsp3) is 0.300. The predicted octanol–water partition coefficient (Wildman–Crippen LogP) is 2.20. The Hall–Kier alpha value is -3.02. The zero-order valence-corrected chi connectivity index (χ0v) is 15.2. The van der Waals surface area contributed by atoms with Gasteiger partial charge in [0, 0.05) is 24.8 Å². The second-order valence-electron chi connectivity index (χ2n) is 6.17. The highest BCUT2D eigenvalue weighted by Crippen LogP contribution is 2.29. The molecule has 2 amide bonds. The van der Waals surface area contributed by atoms with Gasteiger partial charge in [-0.25, -0.2) is 0 Å². The number of methoxy groups -OCH3 is 2. The summed E-state index contributed by atoms with van der Waals surface area (Å²) in [5, 5.41) is 2.92. The number of carbonyl (C=O) groups is 2. The number of rotatable bonds is 6. The minimum absolute atomic E-state index is 0.0472. The van der Waals surface area contributed by atoms with E-state index in [1.54, 1.807) is 38.3 Å². The summed E-state index contributed by atoms with van der Waals surface area (Å²) in [4.78, 5) is 25.7. The lowest BCUT2D eigenvalue weighted by Crippen LogP contribution is -2.25. The Bertz CT molecular complexity index is 848. The van der Waals surface area contributed by atoms with Crippen molar-refractivity contribution < 1.29 is 19.1 Å². The molecule has 1 aliphatic heterocycles. The van der Waals surface area contributed by atoms with Crippen LogP contribution in [0.15, 0.2) is 36.4 Å². The third-order valence-electron chi connectivity index (χ3n) is 4.57. The van der Waals surface area contributed by atoms with Gasteiger partial charge in [0.1, 0.15) is 0 Å². The van der Waals surface area contributed by atoms with E-state index in [9.17, 15) is 9.59 Å². The smallest absolute Gasteiger partial charge is 0.251 e. The molecule has 0 spiro atoms. The number of nitrogens with zero attached hydrogens (tertiary/aromatic N) is 1. The number of carbonyl (C=O) groups excluding carboxylic acids is 2. The maximum Gasteiger partial charge on any atom is 0.251 e. The van der Waals surface area contributed by atoms with Gasteiger partial charge in [-0.3, -0.25) is 9.59 Å². The standard InChI is InChI=1S/C20H22N2O4/c1-22-16-6-5-14(11-15(16)12-19(22)23)20(24)21-9-8-13-4-7-17(25-2)18(10-13)26-3/h4-7,10-11H,8-9,12H2,1-3H3,(H,21,24). The van der Waals surface area contributed by atoms with E-state index in [2.05, 4.69) is 5.32 Å². The van der Waals surface area contributed by atoms with E-state index in [4.69, 9.17) is 9.47 Å². The maximum absolute atomic E-state index is 12.4. The molecule has 0 aliphatic carbocycles. The molecule has 0 saturated carbocycles. The molecule has 1 heterocycles. The van der Waals surface area contributed by atoms with Crippen LogP contribution in [-0.4, -0.2) is 39.6 Å². The van der Waals surface area contributed by atoms with Gasteiger partial charge >= 0.3 is 0 Å². The van der Waals surface area contributed by atoms with E-state index in [-0.39, 0.29) is 11.8 Å². The van der Waals surface area contributed by atoms with Crippen LogP contribution in [0, 0.1) is 0 Å². The Kier molecular flexibility index (Phi) is 5.11. The van der Waals surface area contributed by atoms with Gasteiger partial charge in [-0.2, -0.15) is 0 Å². The molecule has 2 aromatic rings. The van der Waals surface area contributed by atoms with Crippen LogP contribution in [0.2, 0.25) is 0 Å². The van der Waals surface area contributed by atoms with Crippen molar-refractivity contribution in [3.05, 3.63) is 53.1 Å². The van der Waals surface area contributed by atoms with Gasteiger partial charge < -0.3 is 19.7 Å². The first-order chi connectivity index (χ1) is 12.5. The topological polar surface area (TPSA) is 67.9 Å². The van der Waals surface area contributed by atoms with Crippen molar-refractivity contribution in [1.82, 2.24) is 5.32 Å². The van der Waals surface area contributed by atoms with Gasteiger partial charge in [0.25, 0.3) is 5.91 Å². The molecule has 6 heteroatoms. The Morgan fingerprint density at radius 1 is 1.12 bits per heavy atom. The molecule has 0 unspecified atom stereocenters. The fourth-order valence-electron chi connectivity index (χ4n) is 3.07. The van der Waals surface area contributed by atoms with Gasteiger partial charge in [0.15, 0.2) is 11.5 Å². The number of benzene rings is 2. The van der Waals surface area contributed by atoms with E-state index in [0.717, 1.165) is 16.8 Å². The van der Waals surface area contributed by atoms with Crippen molar-refractivity contribution >= 4 is 17.5 Å². The minimum atomic E-state index is -0.143. The molecule has 0 aromatic heterocycles. The summed E-state index contributed by atoms with van der Waals surface area (Å²) in [6.07, 6.45) is 1.02. The first kappa shape index (κ1) is 17.8. The van der Waals surface area contributed by atoms with Crippen molar-refractivity contribution in [2.45, 2.75) is 12.8 Å². The van der Waals surface area contributed by atoms with E-state index < -0.39 is 0 Å². The predicted molar refractivity (Wildman–Crippen MR) is 99.1 cm³/mol. The third-order valence-corrected chi connectivity index (χ3v) is 4.57. The van der Waals surface area contributed by atoms with Crippen LogP contribution in [0.4, 0.5) is 5.69 Å². The number of ether oxygens (including phenoxy) is 2. The summed E-state index contributed by atoms with van der Waals surface area (Å²) in [6.45, 7) is 0.504. The first-order valence-corrected chi connectivity index (χ1v) is 8.42. The van der Waals surface area contributed by atoms with Crippen LogP contribution in [0.5, 0.6) is 11.5 Å². The van der Waals surface area contributed by atoms with Crippen molar-refractivity contribution in [1.29, 1.82) is 0 Å². The minimum Gasteiger partial charge on any atom is -0.493 e. The summed E-state index contributed by atoms with van der Waals surface area (Å²) in [6, 6.07) is 11.1. The summed E-state index contributed by atoms with van der Waals surface area (Å²) >= 11 is 0. The molecule has 0 bridgehead atoms. The van der Waals surface area contributed by atoms with Crippen LogP contribution in [0.3, 0.4) is 0 Å². The van der Waals surface area contributed by atoms with Gasteiger partial charge in [-0.05, 0) is 47.9 Å². The van der Waals surface area contributed by atoms with Crippen LogP contribution in [0.25, 0.3) is 0 Å². The van der Waals surface area contributed by atoms with Crippen LogP contribution in [-0.2, 0) is 17.6 Å². The average molecular weight is 354 g/mol. The molecule has 0 atom stereocenters. The molecule has 0 radical (unpaired) electrons. The monoisotopic (exact) mass is 354 g/mol. The highest BCUT2D eigenvalue weighted by molar-refractivity contribution is 6.03. The number of nitrogens with one attached hydrogen (secondary N) is 1. The second-order valence-corrected chi connectivity index (χ2v) is 6.17. The van der Waals surface area contributed by atoms with Gasteiger partial charge in [0.05, 0.1) is 20.6 Å². The average Bonchev–Trinajstić information content (AvgIpc) is 2.94. The van der Waals surface area contributed by atoms with Crippen molar-refractivity contribution in [3.8, 4) is 11.5 Å².